The highest BCUT2D eigenvalue weighted by atomic mass is 32.2. The lowest BCUT2D eigenvalue weighted by molar-refractivity contribution is -0.113. The average molecular weight is 321 g/mol. The third-order valence-electron chi connectivity index (χ3n) is 2.60. The first-order chi connectivity index (χ1) is 10.4. The highest BCUT2D eigenvalue weighted by molar-refractivity contribution is 8.02. The molecular weight excluding hydrogens is 292 g/mol. The fraction of sp³-hybridized carbons (Fsp3) is 0.444. The van der Waals surface area contributed by atoms with Gasteiger partial charge in [0.05, 0.1) is 5.70 Å². The molecule has 0 aliphatic rings. The lowest BCUT2D eigenvalue weighted by atomic mass is 10.0. The van der Waals surface area contributed by atoms with Gasteiger partial charge < -0.3 is 10.1 Å². The second-order valence-electron chi connectivity index (χ2n) is 5.86. The van der Waals surface area contributed by atoms with Crippen molar-refractivity contribution in [1.82, 2.24) is 5.32 Å². The van der Waals surface area contributed by atoms with Crippen LogP contribution in [0.1, 0.15) is 38.8 Å². The van der Waals surface area contributed by atoms with Crippen LogP contribution in [0.4, 0.5) is 0 Å². The van der Waals surface area contributed by atoms with Crippen LogP contribution >= 0.6 is 11.8 Å². The molecule has 3 nitrogen and oxygen atoms in total. The number of benzene rings is 1. The van der Waals surface area contributed by atoms with Crippen LogP contribution in [0, 0.1) is 5.41 Å². The average Bonchev–Trinajstić information content (AvgIpc) is 2.52. The maximum Gasteiger partial charge on any atom is 0.125 e. The molecule has 1 N–H and O–H groups in total. The monoisotopic (exact) mass is 320 g/mol. The fourth-order valence-corrected chi connectivity index (χ4v) is 1.93. The van der Waals surface area contributed by atoms with Crippen LogP contribution < -0.4 is 5.32 Å². The van der Waals surface area contributed by atoms with Crippen LogP contribution in [0.25, 0.3) is 5.70 Å². The minimum absolute atomic E-state index is 0.139. The Hall–Kier alpha value is -1.39. The van der Waals surface area contributed by atoms with Gasteiger partial charge in [-0.15, -0.1) is 11.8 Å². The van der Waals surface area contributed by atoms with Gasteiger partial charge in [-0.25, -0.2) is 0 Å². The molecule has 4 heteroatoms. The zero-order valence-corrected chi connectivity index (χ0v) is 15.2. The molecule has 0 radical (unpaired) electrons. The summed E-state index contributed by atoms with van der Waals surface area (Å²) >= 11 is 1.68. The molecule has 0 aromatic heterocycles. The van der Waals surface area contributed by atoms with E-state index in [0.717, 1.165) is 29.8 Å². The maximum atomic E-state index is 9.83. The molecule has 0 atom stereocenters. The first-order valence-electron chi connectivity index (χ1n) is 7.36. The summed E-state index contributed by atoms with van der Waals surface area (Å²) in [7, 11) is 1.93. The number of aliphatic imine (C=N–C) groups is 1. The summed E-state index contributed by atoms with van der Waals surface area (Å²) < 4.78 is 0. The molecule has 22 heavy (non-hydrogen) atoms. The van der Waals surface area contributed by atoms with Gasteiger partial charge in [0.1, 0.15) is 6.29 Å². The first-order valence-corrected chi connectivity index (χ1v) is 8.41. The van der Waals surface area contributed by atoms with E-state index in [0.29, 0.717) is 0 Å². The zero-order chi connectivity index (χ0) is 17.0. The molecule has 122 valence electrons. The van der Waals surface area contributed by atoms with E-state index in [2.05, 4.69) is 48.2 Å². The number of nitrogens with one attached hydrogen (secondary N) is 1. The van der Waals surface area contributed by atoms with Gasteiger partial charge in [0.2, 0.25) is 0 Å². The number of carbonyl (C=O) groups excluding carboxylic acids is 1. The Morgan fingerprint density at radius 1 is 1.32 bits per heavy atom. The number of carbonyl (C=O) groups is 1. The van der Waals surface area contributed by atoms with E-state index in [1.165, 1.54) is 5.56 Å². The van der Waals surface area contributed by atoms with Crippen molar-refractivity contribution < 1.29 is 4.79 Å². The highest BCUT2D eigenvalue weighted by Crippen LogP contribution is 2.19. The molecule has 0 amide bonds. The van der Waals surface area contributed by atoms with Crippen LogP contribution in [0.5, 0.6) is 0 Å². The SMILES string of the molecule is C=N/C(=C\SCNC)c1ccc(CC)cc1.CC(C)(C)C=O. The Kier molecular flexibility index (Phi) is 10.5. The van der Waals surface area contributed by atoms with Crippen molar-refractivity contribution in [3.8, 4) is 0 Å². The second kappa shape index (κ2) is 11.2. The van der Waals surface area contributed by atoms with Gasteiger partial charge in [-0.2, -0.15) is 0 Å². The van der Waals surface area contributed by atoms with Crippen LogP contribution in [-0.2, 0) is 11.2 Å². The minimum atomic E-state index is -0.139. The van der Waals surface area contributed by atoms with Crippen molar-refractivity contribution in [2.45, 2.75) is 34.1 Å². The predicted octanol–water partition coefficient (Wildman–Crippen LogP) is 4.39. The van der Waals surface area contributed by atoms with Gasteiger partial charge in [-0.05, 0) is 31.2 Å². The summed E-state index contributed by atoms with van der Waals surface area (Å²) in [6.07, 6.45) is 2.00. The Morgan fingerprint density at radius 2 is 1.86 bits per heavy atom. The third kappa shape index (κ3) is 9.53. The standard InChI is InChI=1S/C13H18N2S.C5H10O/c1-4-11-5-7-12(8-6-11)13(15-3)9-16-10-14-2;1-5(2,3)4-6/h5-9,14H,3-4,10H2,1-2H3;4H,1-3H3/b13-9-;. The van der Waals surface area contributed by atoms with Gasteiger partial charge in [-0.1, -0.05) is 52.0 Å². The highest BCUT2D eigenvalue weighted by Gasteiger charge is 2.04. The quantitative estimate of drug-likeness (QED) is 0.366. The van der Waals surface area contributed by atoms with E-state index in [-0.39, 0.29) is 5.41 Å². The van der Waals surface area contributed by atoms with Gasteiger partial charge >= 0.3 is 0 Å². The molecule has 0 aliphatic heterocycles. The van der Waals surface area contributed by atoms with Crippen molar-refractivity contribution in [2.75, 3.05) is 12.9 Å². The molecule has 0 saturated heterocycles. The molecule has 0 aliphatic carbocycles. The molecule has 0 saturated carbocycles. The van der Waals surface area contributed by atoms with Crippen LogP contribution in [0.15, 0.2) is 34.7 Å². The number of hydrogen-bond donors (Lipinski definition) is 1. The van der Waals surface area contributed by atoms with E-state index in [1.807, 2.05) is 33.2 Å². The van der Waals surface area contributed by atoms with Crippen molar-refractivity contribution >= 4 is 30.5 Å². The third-order valence-corrected chi connectivity index (χ3v) is 3.45. The smallest absolute Gasteiger partial charge is 0.125 e. The van der Waals surface area contributed by atoms with Gasteiger partial charge in [0, 0.05) is 16.9 Å². The van der Waals surface area contributed by atoms with E-state index < -0.39 is 0 Å². The Labute approximate surface area is 139 Å². The van der Waals surface area contributed by atoms with Crippen LogP contribution in [0.3, 0.4) is 0 Å². The Morgan fingerprint density at radius 3 is 2.23 bits per heavy atom. The molecule has 1 aromatic carbocycles. The lowest BCUT2D eigenvalue weighted by Crippen LogP contribution is -2.04. The summed E-state index contributed by atoms with van der Waals surface area (Å²) in [5.74, 6) is 0.881. The summed E-state index contributed by atoms with van der Waals surface area (Å²) in [4.78, 5) is 13.9. The summed E-state index contributed by atoms with van der Waals surface area (Å²) in [5, 5.41) is 5.11. The number of hydrogen-bond acceptors (Lipinski definition) is 4. The maximum absolute atomic E-state index is 9.83. The molecule has 1 aromatic rings. The Bertz CT molecular complexity index is 473. The van der Waals surface area contributed by atoms with Crippen LogP contribution in [0.2, 0.25) is 0 Å². The lowest BCUT2D eigenvalue weighted by Gasteiger charge is -2.03. The zero-order valence-electron chi connectivity index (χ0n) is 14.3. The number of aryl methyl sites for hydroxylation is 1. The molecule has 0 heterocycles. The van der Waals surface area contributed by atoms with Crippen molar-refractivity contribution in [3.63, 3.8) is 0 Å². The van der Waals surface area contributed by atoms with Crippen molar-refractivity contribution in [1.29, 1.82) is 0 Å². The number of aldehydes is 1. The molecular formula is C18H28N2OS. The van der Waals surface area contributed by atoms with Crippen LogP contribution in [-0.4, -0.2) is 25.9 Å². The fourth-order valence-electron chi connectivity index (χ4n) is 1.31. The van der Waals surface area contributed by atoms with Gasteiger partial charge in [-0.3, -0.25) is 4.99 Å². The molecule has 0 unspecified atom stereocenters. The molecule has 1 rings (SSSR count). The summed E-state index contributed by atoms with van der Waals surface area (Å²) in [6.45, 7) is 11.4. The van der Waals surface area contributed by atoms with Gasteiger partial charge in [0.15, 0.2) is 0 Å². The molecule has 0 fully saturated rings. The van der Waals surface area contributed by atoms with Crippen molar-refractivity contribution in [3.05, 3.63) is 40.8 Å². The minimum Gasteiger partial charge on any atom is -0.311 e. The topological polar surface area (TPSA) is 41.5 Å². The predicted molar refractivity (Wildman–Crippen MR) is 100 cm³/mol. The van der Waals surface area contributed by atoms with Gasteiger partial charge in [0.25, 0.3) is 0 Å². The largest absolute Gasteiger partial charge is 0.311 e. The molecule has 0 bridgehead atoms. The summed E-state index contributed by atoms with van der Waals surface area (Å²) in [5.41, 5.74) is 3.26. The Balaban J connectivity index is 0.000000626. The van der Waals surface area contributed by atoms with E-state index >= 15 is 0 Å². The van der Waals surface area contributed by atoms with E-state index in [9.17, 15) is 4.79 Å². The first kappa shape index (κ1) is 20.6. The van der Waals surface area contributed by atoms with Crippen molar-refractivity contribution in [2.24, 2.45) is 10.4 Å². The van der Waals surface area contributed by atoms with E-state index in [1.54, 1.807) is 11.8 Å². The number of thioether (sulfide) groups is 1. The number of rotatable bonds is 6. The van der Waals surface area contributed by atoms with E-state index in [4.69, 9.17) is 0 Å². The normalized spacial score (nSPS) is 11.4. The molecule has 0 spiro atoms. The number of nitrogens with zero attached hydrogens (tertiary/aromatic N) is 1. The summed E-state index contributed by atoms with van der Waals surface area (Å²) in [6, 6.07) is 8.47. The second-order valence-corrected chi connectivity index (χ2v) is 6.72.